The van der Waals surface area contributed by atoms with Crippen molar-refractivity contribution in [3.63, 3.8) is 0 Å². The third-order valence-corrected chi connectivity index (χ3v) is 2.69. The van der Waals surface area contributed by atoms with Gasteiger partial charge in [0.1, 0.15) is 5.82 Å². The fourth-order valence-corrected chi connectivity index (χ4v) is 2.03. The molecule has 1 aliphatic rings. The Morgan fingerprint density at radius 1 is 1.00 bits per heavy atom. The van der Waals surface area contributed by atoms with Gasteiger partial charge in [-0.1, -0.05) is 0 Å². The van der Waals surface area contributed by atoms with Crippen LogP contribution < -0.4 is 5.73 Å². The average molecular weight is 237 g/mol. The summed E-state index contributed by atoms with van der Waals surface area (Å²) >= 11 is 0. The van der Waals surface area contributed by atoms with Crippen LogP contribution in [-0.4, -0.2) is 5.92 Å². The van der Waals surface area contributed by atoms with Gasteiger partial charge in [0, 0.05) is 18.4 Å². The first-order chi connectivity index (χ1) is 7.25. The molecule has 16 heavy (non-hydrogen) atoms. The number of hydrogen-bond acceptors (Lipinski definition) is 1. The molecule has 0 aromatic heterocycles. The summed E-state index contributed by atoms with van der Waals surface area (Å²) in [6.45, 7) is 0. The summed E-state index contributed by atoms with van der Waals surface area (Å²) in [6.07, 6.45) is -1.76. The van der Waals surface area contributed by atoms with Crippen LogP contribution in [0.1, 0.15) is 18.4 Å². The molecule has 2 N–H and O–H groups in total. The van der Waals surface area contributed by atoms with Crippen molar-refractivity contribution in [3.05, 3.63) is 35.1 Å². The largest absolute Gasteiger partial charge is 0.321 e. The van der Waals surface area contributed by atoms with Gasteiger partial charge in [-0.05, 0) is 12.1 Å². The number of alkyl halides is 2. The smallest absolute Gasteiger partial charge is 0.252 e. The zero-order valence-corrected chi connectivity index (χ0v) is 8.04. The number of hydrogen-bond donors (Lipinski definition) is 1. The minimum atomic E-state index is -3.04. The molecule has 2 rings (SSSR count). The molecule has 0 heterocycles. The first-order valence-electron chi connectivity index (χ1n) is 4.56. The molecule has 1 fully saturated rings. The highest BCUT2D eigenvalue weighted by Gasteiger charge is 2.57. The molecule has 1 aliphatic carbocycles. The molecule has 1 aromatic rings. The van der Waals surface area contributed by atoms with Crippen LogP contribution in [0.25, 0.3) is 0 Å². The Labute approximate surface area is 88.1 Å². The quantitative estimate of drug-likeness (QED) is 0.589. The van der Waals surface area contributed by atoms with Crippen LogP contribution in [0.15, 0.2) is 12.1 Å². The van der Waals surface area contributed by atoms with Gasteiger partial charge in [0.25, 0.3) is 5.92 Å². The fraction of sp³-hybridized carbons (Fsp3) is 0.400. The van der Waals surface area contributed by atoms with Crippen LogP contribution in [0, 0.1) is 17.5 Å². The van der Waals surface area contributed by atoms with Gasteiger partial charge in [-0.2, -0.15) is 0 Å². The van der Waals surface area contributed by atoms with E-state index >= 15 is 0 Å². The van der Waals surface area contributed by atoms with E-state index in [1.807, 2.05) is 0 Å². The average Bonchev–Trinajstić information content (AvgIpc) is 2.08. The van der Waals surface area contributed by atoms with E-state index in [-0.39, 0.29) is 0 Å². The summed E-state index contributed by atoms with van der Waals surface area (Å²) in [7, 11) is 0. The Balaban J connectivity index is 2.46. The van der Waals surface area contributed by atoms with Crippen molar-refractivity contribution in [2.45, 2.75) is 24.3 Å². The molecule has 0 radical (unpaired) electrons. The monoisotopic (exact) mass is 237 g/mol. The molecule has 0 bridgehead atoms. The second-order valence-corrected chi connectivity index (χ2v) is 4.08. The fourth-order valence-electron chi connectivity index (χ4n) is 2.03. The zero-order chi connectivity index (χ0) is 12.1. The summed E-state index contributed by atoms with van der Waals surface area (Å²) in [4.78, 5) is 0. The standard InChI is InChI=1S/C10H8F5N/c11-5-1-2-6(12)8(13)7(5)9(16)3-10(14,15)4-9/h1-2H,3-4,16H2. The topological polar surface area (TPSA) is 26.0 Å². The highest BCUT2D eigenvalue weighted by Crippen LogP contribution is 2.51. The second-order valence-electron chi connectivity index (χ2n) is 4.08. The molecular formula is C10H8F5N. The highest BCUT2D eigenvalue weighted by molar-refractivity contribution is 5.32. The Hall–Kier alpha value is -1.17. The lowest BCUT2D eigenvalue weighted by Crippen LogP contribution is -2.56. The van der Waals surface area contributed by atoms with Crippen molar-refractivity contribution in [3.8, 4) is 0 Å². The van der Waals surface area contributed by atoms with Crippen molar-refractivity contribution >= 4 is 0 Å². The lowest BCUT2D eigenvalue weighted by Gasteiger charge is -2.44. The van der Waals surface area contributed by atoms with E-state index in [1.54, 1.807) is 0 Å². The van der Waals surface area contributed by atoms with E-state index in [2.05, 4.69) is 0 Å². The van der Waals surface area contributed by atoms with E-state index in [4.69, 9.17) is 5.73 Å². The summed E-state index contributed by atoms with van der Waals surface area (Å²) in [5.74, 6) is -6.92. The molecule has 88 valence electrons. The van der Waals surface area contributed by atoms with Gasteiger partial charge in [0.2, 0.25) is 0 Å². The lowest BCUT2D eigenvalue weighted by molar-refractivity contribution is -0.126. The third-order valence-electron chi connectivity index (χ3n) is 2.69. The van der Waals surface area contributed by atoms with E-state index in [9.17, 15) is 22.0 Å². The third kappa shape index (κ3) is 1.57. The Morgan fingerprint density at radius 2 is 1.50 bits per heavy atom. The maximum absolute atomic E-state index is 13.3. The predicted octanol–water partition coefficient (Wildman–Crippen LogP) is 2.69. The second kappa shape index (κ2) is 3.16. The van der Waals surface area contributed by atoms with Crippen molar-refractivity contribution < 1.29 is 22.0 Å². The summed E-state index contributed by atoms with van der Waals surface area (Å²) in [5, 5.41) is 0. The maximum Gasteiger partial charge on any atom is 0.252 e. The van der Waals surface area contributed by atoms with Crippen LogP contribution in [0.3, 0.4) is 0 Å². The number of rotatable bonds is 1. The van der Waals surface area contributed by atoms with Gasteiger partial charge in [-0.15, -0.1) is 0 Å². The molecule has 1 aromatic carbocycles. The summed E-state index contributed by atoms with van der Waals surface area (Å²) < 4.78 is 64.7. The van der Waals surface area contributed by atoms with E-state index in [1.165, 1.54) is 0 Å². The van der Waals surface area contributed by atoms with Gasteiger partial charge in [0.15, 0.2) is 11.6 Å². The number of halogens is 5. The molecule has 0 saturated heterocycles. The minimum Gasteiger partial charge on any atom is -0.321 e. The lowest BCUT2D eigenvalue weighted by atomic mass is 9.69. The van der Waals surface area contributed by atoms with Crippen molar-refractivity contribution in [1.29, 1.82) is 0 Å². The first kappa shape index (κ1) is 11.3. The molecule has 0 spiro atoms. The Morgan fingerprint density at radius 3 is 2.00 bits per heavy atom. The maximum atomic E-state index is 13.3. The van der Waals surface area contributed by atoms with Gasteiger partial charge in [-0.3, -0.25) is 0 Å². The normalized spacial score (nSPS) is 21.6. The molecule has 1 nitrogen and oxygen atoms in total. The van der Waals surface area contributed by atoms with Gasteiger partial charge in [-0.25, -0.2) is 22.0 Å². The van der Waals surface area contributed by atoms with E-state index in [0.29, 0.717) is 12.1 Å². The zero-order valence-electron chi connectivity index (χ0n) is 8.04. The van der Waals surface area contributed by atoms with Gasteiger partial charge in [0.05, 0.1) is 5.54 Å². The molecule has 1 saturated carbocycles. The van der Waals surface area contributed by atoms with Crippen LogP contribution >= 0.6 is 0 Å². The van der Waals surface area contributed by atoms with Crippen LogP contribution in [0.5, 0.6) is 0 Å². The summed E-state index contributed by atoms with van der Waals surface area (Å²) in [6, 6.07) is 1.27. The van der Waals surface area contributed by atoms with E-state index < -0.39 is 47.3 Å². The molecule has 0 aliphatic heterocycles. The SMILES string of the molecule is NC1(c2c(F)ccc(F)c2F)CC(F)(F)C1. The predicted molar refractivity (Wildman–Crippen MR) is 46.4 cm³/mol. The molecule has 0 atom stereocenters. The number of nitrogens with two attached hydrogens (primary N) is 1. The minimum absolute atomic E-state index is 0.592. The molecule has 0 unspecified atom stereocenters. The molecular weight excluding hydrogens is 229 g/mol. The Bertz CT molecular complexity index is 435. The van der Waals surface area contributed by atoms with Crippen molar-refractivity contribution in [2.75, 3.05) is 0 Å². The van der Waals surface area contributed by atoms with E-state index in [0.717, 1.165) is 0 Å². The first-order valence-corrected chi connectivity index (χ1v) is 4.56. The van der Waals surface area contributed by atoms with Crippen LogP contribution in [-0.2, 0) is 5.54 Å². The van der Waals surface area contributed by atoms with Gasteiger partial charge >= 0.3 is 0 Å². The van der Waals surface area contributed by atoms with Gasteiger partial charge < -0.3 is 5.73 Å². The Kier molecular flexibility index (Phi) is 2.24. The highest BCUT2D eigenvalue weighted by atomic mass is 19.3. The number of benzene rings is 1. The van der Waals surface area contributed by atoms with Crippen LogP contribution in [0.4, 0.5) is 22.0 Å². The molecule has 6 heteroatoms. The molecule has 0 amide bonds. The van der Waals surface area contributed by atoms with Crippen molar-refractivity contribution in [2.24, 2.45) is 5.73 Å². The summed E-state index contributed by atoms with van der Waals surface area (Å²) in [5.41, 5.74) is 2.83. The van der Waals surface area contributed by atoms with Crippen LogP contribution in [0.2, 0.25) is 0 Å². The van der Waals surface area contributed by atoms with Crippen molar-refractivity contribution in [1.82, 2.24) is 0 Å².